The van der Waals surface area contributed by atoms with Crippen LogP contribution < -0.4 is 5.46 Å². The fourth-order valence-electron chi connectivity index (χ4n) is 3.82. The van der Waals surface area contributed by atoms with E-state index in [1.807, 2.05) is 30.3 Å². The molecule has 3 nitrogen and oxygen atoms in total. The largest absolute Gasteiger partial charge is 0.496 e. The normalized spacial score (nSPS) is 18.8. The highest BCUT2D eigenvalue weighted by Crippen LogP contribution is 2.39. The van der Waals surface area contributed by atoms with Gasteiger partial charge in [-0.05, 0) is 62.7 Å². The van der Waals surface area contributed by atoms with Gasteiger partial charge in [-0.15, -0.1) is 0 Å². The average molecular weight is 379 g/mol. The maximum absolute atomic E-state index is 6.42. The topological polar surface area (TPSA) is 31.6 Å². The summed E-state index contributed by atoms with van der Waals surface area (Å²) in [6.45, 7) is 8.28. The molecule has 0 aliphatic carbocycles. The lowest BCUT2D eigenvalue weighted by atomic mass is 9.73. The fourth-order valence-corrected chi connectivity index (χ4v) is 3.99. The van der Waals surface area contributed by atoms with Gasteiger partial charge in [0.05, 0.1) is 11.2 Å². The van der Waals surface area contributed by atoms with E-state index in [-0.39, 0.29) is 0 Å². The molecular formula is C22H20BClO3. The minimum atomic E-state index is -0.483. The van der Waals surface area contributed by atoms with Crippen LogP contribution in [0, 0.1) is 0 Å². The van der Waals surface area contributed by atoms with Crippen LogP contribution in [-0.2, 0) is 9.31 Å². The Balaban J connectivity index is 1.90. The van der Waals surface area contributed by atoms with Crippen molar-refractivity contribution in [3.05, 3.63) is 53.6 Å². The second kappa shape index (κ2) is 5.51. The van der Waals surface area contributed by atoms with Gasteiger partial charge in [0.25, 0.3) is 0 Å². The molecule has 1 saturated heterocycles. The zero-order valence-corrected chi connectivity index (χ0v) is 16.6. The van der Waals surface area contributed by atoms with E-state index in [1.54, 1.807) is 0 Å². The molecule has 5 rings (SSSR count). The Morgan fingerprint density at radius 1 is 0.815 bits per heavy atom. The van der Waals surface area contributed by atoms with Crippen LogP contribution in [-0.4, -0.2) is 18.3 Å². The lowest BCUT2D eigenvalue weighted by Gasteiger charge is -2.32. The number of halogens is 1. The Morgan fingerprint density at radius 3 is 2.26 bits per heavy atom. The number of rotatable bonds is 1. The molecule has 3 aromatic carbocycles. The predicted octanol–water partition coefficient (Wildman–Crippen LogP) is 5.69. The second-order valence-corrected chi connectivity index (χ2v) is 8.65. The van der Waals surface area contributed by atoms with E-state index in [0.29, 0.717) is 5.02 Å². The number of benzene rings is 3. The first-order valence-electron chi connectivity index (χ1n) is 9.16. The molecule has 27 heavy (non-hydrogen) atoms. The van der Waals surface area contributed by atoms with E-state index in [4.69, 9.17) is 25.3 Å². The van der Waals surface area contributed by atoms with Crippen LogP contribution in [0.25, 0.3) is 32.7 Å². The first-order valence-corrected chi connectivity index (χ1v) is 9.54. The van der Waals surface area contributed by atoms with Gasteiger partial charge in [-0.2, -0.15) is 0 Å². The first-order chi connectivity index (χ1) is 12.8. The van der Waals surface area contributed by atoms with Gasteiger partial charge in [0.1, 0.15) is 11.2 Å². The highest BCUT2D eigenvalue weighted by Gasteiger charge is 2.52. The Hall–Kier alpha value is -2.01. The molecule has 5 heteroatoms. The Morgan fingerprint density at radius 2 is 1.52 bits per heavy atom. The summed E-state index contributed by atoms with van der Waals surface area (Å²) in [5.41, 5.74) is 1.79. The molecule has 4 aromatic rings. The van der Waals surface area contributed by atoms with Crippen molar-refractivity contribution in [2.75, 3.05) is 0 Å². The van der Waals surface area contributed by atoms with Crippen LogP contribution >= 0.6 is 11.6 Å². The maximum Gasteiger partial charge on any atom is 0.496 e. The Kier molecular flexibility index (Phi) is 3.49. The third-order valence-corrected chi connectivity index (χ3v) is 6.21. The summed E-state index contributed by atoms with van der Waals surface area (Å²) in [7, 11) is -0.483. The SMILES string of the molecule is CC1(C)OB(c2c3ccccc3cc3oc4ccc(Cl)cc4c23)OC1(C)C. The Labute approximate surface area is 163 Å². The molecule has 136 valence electrons. The molecule has 1 fully saturated rings. The monoisotopic (exact) mass is 378 g/mol. The third kappa shape index (κ3) is 2.44. The van der Waals surface area contributed by atoms with Gasteiger partial charge >= 0.3 is 7.12 Å². The van der Waals surface area contributed by atoms with Gasteiger partial charge in [-0.1, -0.05) is 35.9 Å². The molecule has 1 aliphatic rings. The quantitative estimate of drug-likeness (QED) is 0.399. The zero-order chi connectivity index (χ0) is 19.0. The second-order valence-electron chi connectivity index (χ2n) is 8.22. The summed E-state index contributed by atoms with van der Waals surface area (Å²) in [5.74, 6) is 0. The zero-order valence-electron chi connectivity index (χ0n) is 15.8. The number of hydrogen-bond acceptors (Lipinski definition) is 3. The molecule has 0 bridgehead atoms. The number of hydrogen-bond donors (Lipinski definition) is 0. The third-order valence-electron chi connectivity index (χ3n) is 5.97. The van der Waals surface area contributed by atoms with Crippen molar-refractivity contribution >= 4 is 56.9 Å². The highest BCUT2D eigenvalue weighted by molar-refractivity contribution is 6.69. The number of furan rings is 1. The van der Waals surface area contributed by atoms with Crippen molar-refractivity contribution in [2.24, 2.45) is 0 Å². The molecule has 0 N–H and O–H groups in total. The van der Waals surface area contributed by atoms with E-state index in [2.05, 4.69) is 45.9 Å². The minimum absolute atomic E-state index is 0.419. The summed E-state index contributed by atoms with van der Waals surface area (Å²) >= 11 is 6.29. The van der Waals surface area contributed by atoms with Gasteiger partial charge in [0, 0.05) is 21.3 Å². The van der Waals surface area contributed by atoms with E-state index in [9.17, 15) is 0 Å². The smallest absolute Gasteiger partial charge is 0.456 e. The highest BCUT2D eigenvalue weighted by atomic mass is 35.5. The molecule has 0 amide bonds. The van der Waals surface area contributed by atoms with E-state index in [0.717, 1.165) is 38.2 Å². The maximum atomic E-state index is 6.42. The summed E-state index contributed by atoms with van der Waals surface area (Å²) in [6, 6.07) is 16.1. The van der Waals surface area contributed by atoms with E-state index < -0.39 is 18.3 Å². The first kappa shape index (κ1) is 17.1. The van der Waals surface area contributed by atoms with Crippen molar-refractivity contribution < 1.29 is 13.7 Å². The van der Waals surface area contributed by atoms with Gasteiger partial charge in [0.15, 0.2) is 0 Å². The molecular weight excluding hydrogens is 359 g/mol. The predicted molar refractivity (Wildman–Crippen MR) is 112 cm³/mol. The molecule has 2 heterocycles. The lowest BCUT2D eigenvalue weighted by molar-refractivity contribution is 0.00578. The lowest BCUT2D eigenvalue weighted by Crippen LogP contribution is -2.41. The van der Waals surface area contributed by atoms with Gasteiger partial charge in [0.2, 0.25) is 0 Å². The molecule has 0 atom stereocenters. The van der Waals surface area contributed by atoms with Crippen LogP contribution in [0.2, 0.25) is 5.02 Å². The molecule has 0 spiro atoms. The van der Waals surface area contributed by atoms with Crippen molar-refractivity contribution in [3.63, 3.8) is 0 Å². The molecule has 1 aromatic heterocycles. The van der Waals surface area contributed by atoms with Gasteiger partial charge in [-0.3, -0.25) is 0 Å². The van der Waals surface area contributed by atoms with E-state index >= 15 is 0 Å². The molecule has 0 saturated carbocycles. The van der Waals surface area contributed by atoms with E-state index in [1.165, 1.54) is 0 Å². The van der Waals surface area contributed by atoms with Crippen LogP contribution in [0.15, 0.2) is 52.9 Å². The molecule has 0 radical (unpaired) electrons. The average Bonchev–Trinajstić information content (AvgIpc) is 3.05. The Bertz CT molecular complexity index is 1190. The van der Waals surface area contributed by atoms with Gasteiger partial charge < -0.3 is 13.7 Å². The standard InChI is InChI=1S/C22H20BClO3/c1-21(2)22(3,4)27-23(26-21)20-15-8-6-5-7-13(15)11-18-19(20)16-12-14(24)9-10-17(16)25-18/h5-12H,1-4H3. The summed E-state index contributed by atoms with van der Waals surface area (Å²) < 4.78 is 19.0. The van der Waals surface area contributed by atoms with Crippen LogP contribution in [0.5, 0.6) is 0 Å². The number of fused-ring (bicyclic) bond motifs is 4. The summed E-state index contributed by atoms with van der Waals surface area (Å²) in [6.07, 6.45) is 0. The molecule has 1 aliphatic heterocycles. The van der Waals surface area contributed by atoms with Crippen LogP contribution in [0.1, 0.15) is 27.7 Å². The van der Waals surface area contributed by atoms with Crippen molar-refractivity contribution in [3.8, 4) is 0 Å². The van der Waals surface area contributed by atoms with Crippen molar-refractivity contribution in [2.45, 2.75) is 38.9 Å². The van der Waals surface area contributed by atoms with Crippen LogP contribution in [0.4, 0.5) is 0 Å². The van der Waals surface area contributed by atoms with Gasteiger partial charge in [-0.25, -0.2) is 0 Å². The fraction of sp³-hybridized carbons (Fsp3) is 0.273. The summed E-state index contributed by atoms with van der Waals surface area (Å²) in [5, 5.41) is 4.86. The minimum Gasteiger partial charge on any atom is -0.456 e. The van der Waals surface area contributed by atoms with Crippen LogP contribution in [0.3, 0.4) is 0 Å². The summed E-state index contributed by atoms with van der Waals surface area (Å²) in [4.78, 5) is 0. The van der Waals surface area contributed by atoms with Crippen molar-refractivity contribution in [1.29, 1.82) is 0 Å². The molecule has 0 unspecified atom stereocenters. The van der Waals surface area contributed by atoms with Crippen molar-refractivity contribution in [1.82, 2.24) is 0 Å².